The fourth-order valence-corrected chi connectivity index (χ4v) is 5.47. The van der Waals surface area contributed by atoms with Crippen LogP contribution in [0, 0.1) is 0 Å². The van der Waals surface area contributed by atoms with E-state index in [1.165, 1.54) is 38.0 Å². The Bertz CT molecular complexity index is 1050. The number of carbonyl (C=O) groups is 1. The van der Waals surface area contributed by atoms with Gasteiger partial charge in [0, 0.05) is 44.0 Å². The average Bonchev–Trinajstić information content (AvgIpc) is 3.35. The lowest BCUT2D eigenvalue weighted by molar-refractivity contribution is 0.0747. The summed E-state index contributed by atoms with van der Waals surface area (Å²) in [5, 5.41) is 0. The van der Waals surface area contributed by atoms with E-state index in [2.05, 4.69) is 39.0 Å². The van der Waals surface area contributed by atoms with Crippen LogP contribution in [-0.2, 0) is 0 Å². The van der Waals surface area contributed by atoms with Gasteiger partial charge in [0.15, 0.2) is 0 Å². The number of hydrogen-bond donors (Lipinski definition) is 0. The van der Waals surface area contributed by atoms with Crippen molar-refractivity contribution in [1.29, 1.82) is 0 Å². The van der Waals surface area contributed by atoms with Crippen molar-refractivity contribution in [3.63, 3.8) is 0 Å². The Hall–Kier alpha value is -2.64. The number of rotatable bonds is 7. The molecular weight excluding hydrogens is 432 g/mol. The van der Waals surface area contributed by atoms with Crippen molar-refractivity contribution in [2.75, 3.05) is 57.3 Å². The summed E-state index contributed by atoms with van der Waals surface area (Å²) in [6, 6.07) is 14.2. The summed E-state index contributed by atoms with van der Waals surface area (Å²) in [6.07, 6.45) is 5.14. The number of ether oxygens (including phenoxy) is 1. The molecule has 33 heavy (non-hydrogen) atoms. The number of likely N-dealkylation sites (tertiary alicyclic amines) is 1. The van der Waals surface area contributed by atoms with Gasteiger partial charge in [0.2, 0.25) is 0 Å². The van der Waals surface area contributed by atoms with E-state index < -0.39 is 0 Å². The first kappa shape index (κ1) is 22.2. The van der Waals surface area contributed by atoms with E-state index in [1.807, 2.05) is 28.6 Å². The fourth-order valence-electron chi connectivity index (χ4n) is 4.75. The number of anilines is 1. The van der Waals surface area contributed by atoms with Crippen LogP contribution in [0.15, 0.2) is 48.0 Å². The molecule has 0 radical (unpaired) electrons. The Morgan fingerprint density at radius 3 is 2.52 bits per heavy atom. The number of fused-ring (bicyclic) bond motifs is 1. The Kier molecular flexibility index (Phi) is 7.07. The zero-order chi connectivity index (χ0) is 22.5. The molecule has 0 aliphatic carbocycles. The van der Waals surface area contributed by atoms with Crippen molar-refractivity contribution >= 4 is 33.1 Å². The number of benzene rings is 2. The highest BCUT2D eigenvalue weighted by atomic mass is 32.1. The first-order valence-corrected chi connectivity index (χ1v) is 13.0. The minimum Gasteiger partial charge on any atom is -0.494 e. The molecule has 2 aromatic carbocycles. The van der Waals surface area contributed by atoms with Crippen molar-refractivity contribution in [2.45, 2.75) is 25.7 Å². The maximum absolute atomic E-state index is 13.0. The normalized spacial score (nSPS) is 17.5. The minimum absolute atomic E-state index is 0.109. The summed E-state index contributed by atoms with van der Waals surface area (Å²) in [4.78, 5) is 24.1. The zero-order valence-corrected chi connectivity index (χ0v) is 19.9. The predicted molar refractivity (Wildman–Crippen MR) is 135 cm³/mol. The van der Waals surface area contributed by atoms with Crippen LogP contribution < -0.4 is 9.64 Å². The quantitative estimate of drug-likeness (QED) is 0.482. The van der Waals surface area contributed by atoms with Gasteiger partial charge in [0.1, 0.15) is 5.75 Å². The Balaban J connectivity index is 1.07. The van der Waals surface area contributed by atoms with E-state index in [9.17, 15) is 4.79 Å². The van der Waals surface area contributed by atoms with Crippen molar-refractivity contribution in [2.24, 2.45) is 0 Å². The monoisotopic (exact) mass is 464 g/mol. The lowest BCUT2D eigenvalue weighted by Gasteiger charge is -2.36. The topological polar surface area (TPSA) is 48.9 Å². The van der Waals surface area contributed by atoms with E-state index in [-0.39, 0.29) is 5.91 Å². The van der Waals surface area contributed by atoms with Crippen LogP contribution in [0.3, 0.4) is 0 Å². The van der Waals surface area contributed by atoms with E-state index in [4.69, 9.17) is 4.74 Å². The van der Waals surface area contributed by atoms with Crippen LogP contribution in [-0.4, -0.2) is 73.1 Å². The van der Waals surface area contributed by atoms with Crippen LogP contribution in [0.25, 0.3) is 10.2 Å². The molecule has 0 saturated carbocycles. The molecule has 0 N–H and O–H groups in total. The van der Waals surface area contributed by atoms with Crippen LogP contribution in [0.2, 0.25) is 0 Å². The van der Waals surface area contributed by atoms with E-state index in [0.717, 1.165) is 67.3 Å². The lowest BCUT2D eigenvalue weighted by atomic mass is 10.1. The molecule has 7 heteroatoms. The Morgan fingerprint density at radius 2 is 1.73 bits per heavy atom. The molecule has 6 nitrogen and oxygen atoms in total. The highest BCUT2D eigenvalue weighted by Crippen LogP contribution is 2.23. The molecule has 3 heterocycles. The summed E-state index contributed by atoms with van der Waals surface area (Å²) >= 11 is 1.57. The summed E-state index contributed by atoms with van der Waals surface area (Å²) < 4.78 is 7.02. The second-order valence-corrected chi connectivity index (χ2v) is 9.80. The summed E-state index contributed by atoms with van der Waals surface area (Å²) in [7, 11) is 0. The largest absolute Gasteiger partial charge is 0.494 e. The van der Waals surface area contributed by atoms with Crippen molar-refractivity contribution in [3.8, 4) is 5.75 Å². The van der Waals surface area contributed by atoms with Crippen LogP contribution >= 0.6 is 11.3 Å². The number of aromatic nitrogens is 1. The summed E-state index contributed by atoms with van der Waals surface area (Å²) in [6.45, 7) is 7.53. The van der Waals surface area contributed by atoms with E-state index >= 15 is 0 Å². The highest BCUT2D eigenvalue weighted by molar-refractivity contribution is 7.16. The van der Waals surface area contributed by atoms with Gasteiger partial charge < -0.3 is 19.4 Å². The van der Waals surface area contributed by atoms with E-state index in [1.54, 1.807) is 11.3 Å². The van der Waals surface area contributed by atoms with Gasteiger partial charge in [-0.2, -0.15) is 0 Å². The Morgan fingerprint density at radius 1 is 0.939 bits per heavy atom. The molecule has 3 aromatic rings. The van der Waals surface area contributed by atoms with Gasteiger partial charge in [-0.3, -0.25) is 4.79 Å². The molecule has 2 aliphatic rings. The van der Waals surface area contributed by atoms with Gasteiger partial charge in [-0.1, -0.05) is 6.42 Å². The van der Waals surface area contributed by atoms with Crippen LogP contribution in [0.1, 0.15) is 36.0 Å². The van der Waals surface area contributed by atoms with Gasteiger partial charge in [-0.05, 0) is 74.8 Å². The van der Waals surface area contributed by atoms with Crippen LogP contribution in [0.5, 0.6) is 5.75 Å². The van der Waals surface area contributed by atoms with Crippen molar-refractivity contribution in [3.05, 3.63) is 53.5 Å². The molecule has 174 valence electrons. The third kappa shape index (κ3) is 5.47. The minimum atomic E-state index is 0.109. The lowest BCUT2D eigenvalue weighted by Crippen LogP contribution is -2.48. The molecule has 0 atom stereocenters. The van der Waals surface area contributed by atoms with Crippen LogP contribution in [0.4, 0.5) is 5.69 Å². The maximum atomic E-state index is 13.0. The van der Waals surface area contributed by atoms with E-state index in [0.29, 0.717) is 0 Å². The first-order chi connectivity index (χ1) is 16.3. The summed E-state index contributed by atoms with van der Waals surface area (Å²) in [5.41, 5.74) is 4.72. The maximum Gasteiger partial charge on any atom is 0.254 e. The molecule has 1 aromatic heterocycles. The number of piperazine rings is 1. The molecule has 1 amide bonds. The van der Waals surface area contributed by atoms with Crippen molar-refractivity contribution in [1.82, 2.24) is 14.8 Å². The standard InChI is InChI=1S/C26H32N4O2S/c31-26(21-5-10-24-25(19-21)33-20-27-24)30-16-14-29(15-17-30)22-6-8-23(9-7-22)32-18-4-13-28-11-2-1-3-12-28/h5-10,19-20H,1-4,11-18H2. The average molecular weight is 465 g/mol. The molecule has 0 spiro atoms. The fraction of sp³-hybridized carbons (Fsp3) is 0.462. The number of nitrogens with zero attached hydrogens (tertiary/aromatic N) is 4. The van der Waals surface area contributed by atoms with Gasteiger partial charge in [-0.25, -0.2) is 4.98 Å². The second-order valence-electron chi connectivity index (χ2n) is 8.91. The molecule has 2 fully saturated rings. The van der Waals surface area contributed by atoms with Gasteiger partial charge in [0.25, 0.3) is 5.91 Å². The molecule has 2 saturated heterocycles. The van der Waals surface area contributed by atoms with Gasteiger partial charge >= 0.3 is 0 Å². The molecular formula is C26H32N4O2S. The first-order valence-electron chi connectivity index (χ1n) is 12.1. The van der Waals surface area contributed by atoms with Crippen molar-refractivity contribution < 1.29 is 9.53 Å². The third-order valence-corrected chi connectivity index (χ3v) is 7.47. The SMILES string of the molecule is O=C(c1ccc2ncsc2c1)N1CCN(c2ccc(OCCCN3CCCCC3)cc2)CC1. The zero-order valence-electron chi connectivity index (χ0n) is 19.1. The predicted octanol–water partition coefficient (Wildman–Crippen LogP) is 4.51. The summed E-state index contributed by atoms with van der Waals surface area (Å²) in [5.74, 6) is 1.04. The molecule has 0 unspecified atom stereocenters. The smallest absolute Gasteiger partial charge is 0.254 e. The van der Waals surface area contributed by atoms with Gasteiger partial charge in [0.05, 0.1) is 22.3 Å². The molecule has 0 bridgehead atoms. The second kappa shape index (κ2) is 10.5. The highest BCUT2D eigenvalue weighted by Gasteiger charge is 2.22. The number of amides is 1. The van der Waals surface area contributed by atoms with Gasteiger partial charge in [-0.15, -0.1) is 11.3 Å². The Labute approximate surface area is 199 Å². The number of hydrogen-bond acceptors (Lipinski definition) is 6. The third-order valence-electron chi connectivity index (χ3n) is 6.68. The number of thiazole rings is 1. The molecule has 5 rings (SSSR count). The number of piperidine rings is 1. The number of carbonyl (C=O) groups excluding carboxylic acids is 1. The molecule has 2 aliphatic heterocycles.